The number of ether oxygens (including phenoxy) is 1. The van der Waals surface area contributed by atoms with Gasteiger partial charge in [0.25, 0.3) is 0 Å². The van der Waals surface area contributed by atoms with Gasteiger partial charge in [0.15, 0.2) is 11.6 Å². The third-order valence-corrected chi connectivity index (χ3v) is 7.63. The molecule has 8 heteroatoms. The highest BCUT2D eigenvalue weighted by atomic mass is 31.0. The van der Waals surface area contributed by atoms with E-state index >= 15 is 0 Å². The summed E-state index contributed by atoms with van der Waals surface area (Å²) in [5.74, 6) is 1.54. The first-order chi connectivity index (χ1) is 16.7. The van der Waals surface area contributed by atoms with Gasteiger partial charge in [0, 0.05) is 24.7 Å². The number of nitrogens with zero attached hydrogens (tertiary/aromatic N) is 3. The van der Waals surface area contributed by atoms with Gasteiger partial charge in [-0.2, -0.15) is 0 Å². The molecule has 35 heavy (non-hydrogen) atoms. The van der Waals surface area contributed by atoms with Crippen LogP contribution in [0.2, 0.25) is 5.31 Å². The minimum absolute atomic E-state index is 0.0934. The Hall–Kier alpha value is -2.08. The molecule has 0 radical (unpaired) electrons. The lowest BCUT2D eigenvalue weighted by atomic mass is 9.71. The second-order valence-corrected chi connectivity index (χ2v) is 12.1. The van der Waals surface area contributed by atoms with Gasteiger partial charge in [0.05, 0.1) is 35.3 Å². The molecule has 0 spiro atoms. The molecule has 1 fully saturated rings. The lowest BCUT2D eigenvalue weighted by molar-refractivity contribution is 0.133. The SMILES string of the molecule is BC(C)(C)CN1C(c2ccc(NC3CN(CCCP)C3)cn2)c2ccc3c(c2C[C@H]1C)OC(=C)N3. The standard InChI is InChI=1S/C27H39BN5OP/c1-17-12-22-21(7-9-24-26(22)34-18(2)30-24)25(33(17)16-27(3,4)28)23-8-6-19(13-29-23)31-20-14-32(15-20)10-5-11-35/h6-9,13,17,20,25,30-31H,2,5,10-12,14-16,28,35H2,1,3-4H3/t17-,25?/m1/s1. The fourth-order valence-electron chi connectivity index (χ4n) is 5.64. The Kier molecular flexibility index (Phi) is 6.86. The summed E-state index contributed by atoms with van der Waals surface area (Å²) in [5, 5.41) is 7.11. The number of likely N-dealkylation sites (tertiary alicyclic amines) is 1. The van der Waals surface area contributed by atoms with Crippen LogP contribution in [0.5, 0.6) is 5.75 Å². The van der Waals surface area contributed by atoms with E-state index in [2.05, 4.69) is 89.1 Å². The van der Waals surface area contributed by atoms with Crippen molar-refractivity contribution in [2.45, 2.75) is 57.1 Å². The molecule has 1 aromatic heterocycles. The average molecular weight is 491 g/mol. The Morgan fingerprint density at radius 2 is 2.09 bits per heavy atom. The van der Waals surface area contributed by atoms with Crippen molar-refractivity contribution in [3.63, 3.8) is 0 Å². The van der Waals surface area contributed by atoms with Gasteiger partial charge in [-0.1, -0.05) is 25.2 Å². The lowest BCUT2D eigenvalue weighted by Crippen LogP contribution is -2.54. The first-order valence-corrected chi connectivity index (χ1v) is 13.7. The van der Waals surface area contributed by atoms with E-state index in [4.69, 9.17) is 9.72 Å². The van der Waals surface area contributed by atoms with Crippen LogP contribution in [0.3, 0.4) is 0 Å². The molecule has 3 atom stereocenters. The van der Waals surface area contributed by atoms with Crippen molar-refractivity contribution in [1.29, 1.82) is 0 Å². The van der Waals surface area contributed by atoms with E-state index < -0.39 is 0 Å². The lowest BCUT2D eigenvalue weighted by Gasteiger charge is -2.45. The fraction of sp³-hybridized carbons (Fsp3) is 0.519. The highest BCUT2D eigenvalue weighted by Crippen LogP contribution is 2.47. The number of benzene rings is 1. The van der Waals surface area contributed by atoms with Gasteiger partial charge >= 0.3 is 0 Å². The smallest absolute Gasteiger partial charge is 0.190 e. The molecular weight excluding hydrogens is 452 g/mol. The number of nitrogens with one attached hydrogen (secondary N) is 2. The zero-order valence-corrected chi connectivity index (χ0v) is 22.8. The van der Waals surface area contributed by atoms with Crippen molar-refractivity contribution in [1.82, 2.24) is 14.8 Å². The number of hydrogen-bond acceptors (Lipinski definition) is 6. The normalized spacial score (nSPS) is 22.7. The number of pyridine rings is 1. The Balaban J connectivity index is 1.40. The average Bonchev–Trinajstić information content (AvgIpc) is 3.16. The van der Waals surface area contributed by atoms with Crippen LogP contribution < -0.4 is 15.4 Å². The molecule has 0 aliphatic carbocycles. The van der Waals surface area contributed by atoms with E-state index in [0.717, 1.165) is 48.9 Å². The molecule has 1 aromatic carbocycles. The molecule has 2 aromatic rings. The maximum atomic E-state index is 6.03. The summed E-state index contributed by atoms with van der Waals surface area (Å²) < 4.78 is 6.03. The summed E-state index contributed by atoms with van der Waals surface area (Å²) >= 11 is 0. The minimum atomic E-state index is 0.0934. The zero-order valence-electron chi connectivity index (χ0n) is 21.6. The van der Waals surface area contributed by atoms with Crippen molar-refractivity contribution in [2.24, 2.45) is 0 Å². The maximum absolute atomic E-state index is 6.03. The number of fused-ring (bicyclic) bond motifs is 3. The summed E-state index contributed by atoms with van der Waals surface area (Å²) in [6, 6.07) is 9.77. The predicted octanol–water partition coefficient (Wildman–Crippen LogP) is 3.89. The van der Waals surface area contributed by atoms with Gasteiger partial charge in [-0.15, -0.1) is 9.24 Å². The van der Waals surface area contributed by atoms with Crippen LogP contribution in [-0.2, 0) is 6.42 Å². The highest BCUT2D eigenvalue weighted by molar-refractivity contribution is 7.16. The first kappa shape index (κ1) is 24.6. The molecule has 186 valence electrons. The molecule has 3 aliphatic rings. The summed E-state index contributed by atoms with van der Waals surface area (Å²) in [7, 11) is 5.13. The predicted molar refractivity (Wildman–Crippen MR) is 151 cm³/mol. The number of aromatic nitrogens is 1. The monoisotopic (exact) mass is 491 g/mol. The Bertz CT molecular complexity index is 1080. The number of anilines is 2. The second-order valence-electron chi connectivity index (χ2n) is 11.6. The largest absolute Gasteiger partial charge is 0.439 e. The van der Waals surface area contributed by atoms with Crippen molar-refractivity contribution < 1.29 is 4.74 Å². The van der Waals surface area contributed by atoms with E-state index in [1.54, 1.807) is 0 Å². The van der Waals surface area contributed by atoms with Crippen LogP contribution in [0.25, 0.3) is 0 Å². The van der Waals surface area contributed by atoms with Crippen LogP contribution in [0, 0.1) is 0 Å². The molecule has 6 nitrogen and oxygen atoms in total. The number of hydrogen-bond donors (Lipinski definition) is 2. The molecular formula is C27H39BN5OP. The van der Waals surface area contributed by atoms with Crippen LogP contribution in [0.1, 0.15) is 50.1 Å². The third kappa shape index (κ3) is 5.23. The van der Waals surface area contributed by atoms with Crippen LogP contribution in [0.15, 0.2) is 42.9 Å². The van der Waals surface area contributed by atoms with Gasteiger partial charge in [-0.05, 0) is 69.4 Å². The van der Waals surface area contributed by atoms with Gasteiger partial charge in [-0.25, -0.2) is 0 Å². The van der Waals surface area contributed by atoms with Crippen molar-refractivity contribution >= 4 is 28.5 Å². The molecule has 2 unspecified atom stereocenters. The molecule has 3 aliphatic heterocycles. The van der Waals surface area contributed by atoms with E-state index in [0.29, 0.717) is 18.0 Å². The molecule has 4 heterocycles. The summed E-state index contributed by atoms with van der Waals surface area (Å²) in [6.07, 6.45) is 5.39. The van der Waals surface area contributed by atoms with Crippen LogP contribution in [0.4, 0.5) is 11.4 Å². The Labute approximate surface area is 213 Å². The van der Waals surface area contributed by atoms with Crippen molar-refractivity contribution in [3.8, 4) is 5.75 Å². The van der Waals surface area contributed by atoms with Gasteiger partial charge in [-0.3, -0.25) is 14.8 Å². The molecule has 0 amide bonds. The quantitative estimate of drug-likeness (QED) is 0.432. The molecule has 0 bridgehead atoms. The fourth-order valence-corrected chi connectivity index (χ4v) is 5.82. The van der Waals surface area contributed by atoms with Gasteiger partial charge < -0.3 is 15.4 Å². The van der Waals surface area contributed by atoms with Crippen LogP contribution in [-0.4, -0.2) is 67.1 Å². The molecule has 1 saturated heterocycles. The maximum Gasteiger partial charge on any atom is 0.190 e. The molecule has 2 N–H and O–H groups in total. The third-order valence-electron chi connectivity index (χ3n) is 7.22. The van der Waals surface area contributed by atoms with Crippen molar-refractivity contribution in [2.75, 3.05) is 43.0 Å². The Morgan fingerprint density at radius 1 is 1.29 bits per heavy atom. The Morgan fingerprint density at radius 3 is 2.77 bits per heavy atom. The minimum Gasteiger partial charge on any atom is -0.439 e. The molecule has 0 saturated carbocycles. The second kappa shape index (κ2) is 9.76. The van der Waals surface area contributed by atoms with E-state index in [9.17, 15) is 0 Å². The van der Waals surface area contributed by atoms with Gasteiger partial charge in [0.1, 0.15) is 7.85 Å². The van der Waals surface area contributed by atoms with Crippen molar-refractivity contribution in [3.05, 3.63) is 59.7 Å². The van der Waals surface area contributed by atoms with E-state index in [1.165, 1.54) is 30.3 Å². The topological polar surface area (TPSA) is 52.7 Å². The van der Waals surface area contributed by atoms with Crippen LogP contribution >= 0.6 is 9.24 Å². The van der Waals surface area contributed by atoms with Gasteiger partial charge in [0.2, 0.25) is 0 Å². The number of rotatable bonds is 8. The first-order valence-electron chi connectivity index (χ1n) is 12.9. The molecule has 5 rings (SSSR count). The summed E-state index contributed by atoms with van der Waals surface area (Å²) in [6.45, 7) is 15.3. The summed E-state index contributed by atoms with van der Waals surface area (Å²) in [4.78, 5) is 10.1. The zero-order chi connectivity index (χ0) is 24.7. The summed E-state index contributed by atoms with van der Waals surface area (Å²) in [5.41, 5.74) is 5.78. The van der Waals surface area contributed by atoms with E-state index in [1.807, 2.05) is 6.20 Å². The highest BCUT2D eigenvalue weighted by Gasteiger charge is 2.39. The van der Waals surface area contributed by atoms with E-state index in [-0.39, 0.29) is 11.4 Å².